The fourth-order valence-corrected chi connectivity index (χ4v) is 1.24. The van der Waals surface area contributed by atoms with Crippen LogP contribution in [0.4, 0.5) is 5.69 Å². The Labute approximate surface area is 96.6 Å². The molecule has 0 aliphatic heterocycles. The Morgan fingerprint density at radius 1 is 1.47 bits per heavy atom. The van der Waals surface area contributed by atoms with Gasteiger partial charge in [0.05, 0.1) is 4.92 Å². The molecule has 0 fully saturated rings. The third-order valence-electron chi connectivity index (χ3n) is 2.45. The molecule has 7 nitrogen and oxygen atoms in total. The Balaban J connectivity index is 3.02. The fourth-order valence-electron chi connectivity index (χ4n) is 1.24. The Bertz CT molecular complexity index is 441. The molecule has 0 saturated carbocycles. The maximum absolute atomic E-state index is 10.8. The zero-order chi connectivity index (χ0) is 13.2. The Hall–Kier alpha value is -1.99. The van der Waals surface area contributed by atoms with Crippen molar-refractivity contribution in [2.45, 2.75) is 18.6 Å². The molecular weight excluding hydrogens is 228 g/mol. The zero-order valence-electron chi connectivity index (χ0n) is 9.03. The number of carboxylic acids is 1. The molecule has 17 heavy (non-hydrogen) atoms. The number of nitro benzene ring substituents is 1. The number of benzene rings is 1. The zero-order valence-corrected chi connectivity index (χ0v) is 9.03. The van der Waals surface area contributed by atoms with E-state index in [4.69, 9.17) is 10.8 Å². The highest BCUT2D eigenvalue weighted by Gasteiger charge is 2.37. The molecule has 0 heterocycles. The van der Waals surface area contributed by atoms with Crippen molar-refractivity contribution in [1.82, 2.24) is 0 Å². The highest BCUT2D eigenvalue weighted by molar-refractivity contribution is 5.79. The first-order valence-corrected chi connectivity index (χ1v) is 4.71. The minimum Gasteiger partial charge on any atom is -0.480 e. The molecule has 4 N–H and O–H groups in total. The van der Waals surface area contributed by atoms with E-state index in [-0.39, 0.29) is 11.3 Å². The van der Waals surface area contributed by atoms with Crippen LogP contribution in [-0.4, -0.2) is 26.6 Å². The first kappa shape index (κ1) is 13.1. The van der Waals surface area contributed by atoms with E-state index >= 15 is 0 Å². The topological polar surface area (TPSA) is 127 Å². The standard InChI is InChI=1S/C10H12N2O5/c1-10(11,9(14)15)8(13)6-2-4-7(5-3-6)12(16)17/h2-5,8,13H,11H2,1H3,(H,14,15). The van der Waals surface area contributed by atoms with Gasteiger partial charge in [-0.25, -0.2) is 0 Å². The van der Waals surface area contributed by atoms with Crippen molar-refractivity contribution in [3.63, 3.8) is 0 Å². The van der Waals surface area contributed by atoms with E-state index in [1.165, 1.54) is 31.2 Å². The van der Waals surface area contributed by atoms with Crippen LogP contribution in [0.2, 0.25) is 0 Å². The van der Waals surface area contributed by atoms with Gasteiger partial charge < -0.3 is 15.9 Å². The first-order valence-electron chi connectivity index (χ1n) is 4.71. The van der Waals surface area contributed by atoms with Crippen molar-refractivity contribution in [3.8, 4) is 0 Å². The van der Waals surface area contributed by atoms with Gasteiger partial charge in [0, 0.05) is 12.1 Å². The summed E-state index contributed by atoms with van der Waals surface area (Å²) in [7, 11) is 0. The summed E-state index contributed by atoms with van der Waals surface area (Å²) in [5.41, 5.74) is 3.67. The highest BCUT2D eigenvalue weighted by Crippen LogP contribution is 2.25. The van der Waals surface area contributed by atoms with Crippen LogP contribution in [0.1, 0.15) is 18.6 Å². The van der Waals surface area contributed by atoms with Crippen molar-refractivity contribution < 1.29 is 19.9 Å². The highest BCUT2D eigenvalue weighted by atomic mass is 16.6. The van der Waals surface area contributed by atoms with Gasteiger partial charge in [0.25, 0.3) is 5.69 Å². The Morgan fingerprint density at radius 2 is 1.94 bits per heavy atom. The van der Waals surface area contributed by atoms with Gasteiger partial charge in [-0.2, -0.15) is 0 Å². The number of aliphatic hydroxyl groups excluding tert-OH is 1. The lowest BCUT2D eigenvalue weighted by Gasteiger charge is -2.25. The van der Waals surface area contributed by atoms with Crippen molar-refractivity contribution in [2.75, 3.05) is 0 Å². The average molecular weight is 240 g/mol. The number of nitro groups is 1. The molecule has 0 aliphatic carbocycles. The third-order valence-corrected chi connectivity index (χ3v) is 2.45. The molecule has 7 heteroatoms. The number of non-ortho nitro benzene ring substituents is 1. The largest absolute Gasteiger partial charge is 0.480 e. The summed E-state index contributed by atoms with van der Waals surface area (Å²) in [6.07, 6.45) is -1.44. The van der Waals surface area contributed by atoms with Gasteiger partial charge in [0.2, 0.25) is 0 Å². The van der Waals surface area contributed by atoms with Gasteiger partial charge in [-0.15, -0.1) is 0 Å². The summed E-state index contributed by atoms with van der Waals surface area (Å²) < 4.78 is 0. The molecule has 0 aromatic heterocycles. The number of carbonyl (C=O) groups is 1. The molecule has 2 unspecified atom stereocenters. The molecule has 2 atom stereocenters. The van der Waals surface area contributed by atoms with E-state index in [1.54, 1.807) is 0 Å². The maximum atomic E-state index is 10.8. The van der Waals surface area contributed by atoms with Gasteiger partial charge in [0.15, 0.2) is 0 Å². The summed E-state index contributed by atoms with van der Waals surface area (Å²) in [5.74, 6) is -1.36. The van der Waals surface area contributed by atoms with E-state index in [0.717, 1.165) is 0 Å². The number of aliphatic carboxylic acids is 1. The second-order valence-corrected chi connectivity index (χ2v) is 3.84. The lowest BCUT2D eigenvalue weighted by Crippen LogP contribution is -2.50. The van der Waals surface area contributed by atoms with Crippen LogP contribution >= 0.6 is 0 Å². The van der Waals surface area contributed by atoms with Crippen LogP contribution in [0.5, 0.6) is 0 Å². The van der Waals surface area contributed by atoms with Crippen LogP contribution in [0.25, 0.3) is 0 Å². The lowest BCUT2D eigenvalue weighted by atomic mass is 9.90. The second kappa shape index (κ2) is 4.48. The smallest absolute Gasteiger partial charge is 0.326 e. The van der Waals surface area contributed by atoms with Gasteiger partial charge in [-0.1, -0.05) is 0 Å². The normalized spacial score (nSPS) is 15.9. The molecule has 0 spiro atoms. The number of hydrogen-bond donors (Lipinski definition) is 3. The molecule has 0 aliphatic rings. The molecule has 1 aromatic rings. The van der Waals surface area contributed by atoms with Gasteiger partial charge in [-0.05, 0) is 24.6 Å². The van der Waals surface area contributed by atoms with Crippen molar-refractivity contribution >= 4 is 11.7 Å². The fraction of sp³-hybridized carbons (Fsp3) is 0.300. The second-order valence-electron chi connectivity index (χ2n) is 3.84. The van der Waals surface area contributed by atoms with Crippen molar-refractivity contribution in [3.05, 3.63) is 39.9 Å². The van der Waals surface area contributed by atoms with Crippen molar-refractivity contribution in [2.24, 2.45) is 5.73 Å². The van der Waals surface area contributed by atoms with Crippen LogP contribution in [0, 0.1) is 10.1 Å². The molecule has 1 aromatic carbocycles. The average Bonchev–Trinajstić information content (AvgIpc) is 2.27. The van der Waals surface area contributed by atoms with E-state index in [2.05, 4.69) is 0 Å². The minimum absolute atomic E-state index is 0.144. The number of aliphatic hydroxyl groups is 1. The lowest BCUT2D eigenvalue weighted by molar-refractivity contribution is -0.384. The van der Waals surface area contributed by atoms with Gasteiger partial charge in [-0.3, -0.25) is 14.9 Å². The molecule has 92 valence electrons. The molecule has 1 rings (SSSR count). The van der Waals surface area contributed by atoms with Crippen LogP contribution in [-0.2, 0) is 4.79 Å². The monoisotopic (exact) mass is 240 g/mol. The minimum atomic E-state index is -1.85. The van der Waals surface area contributed by atoms with E-state index in [0.29, 0.717) is 0 Å². The number of nitrogens with two attached hydrogens (primary N) is 1. The number of hydrogen-bond acceptors (Lipinski definition) is 5. The first-order chi connectivity index (χ1) is 7.76. The summed E-state index contributed by atoms with van der Waals surface area (Å²) in [6, 6.07) is 4.90. The predicted octanol–water partition coefficient (Wildman–Crippen LogP) is 0.430. The van der Waals surface area contributed by atoms with Crippen LogP contribution in [0.15, 0.2) is 24.3 Å². The Morgan fingerprint density at radius 3 is 2.29 bits per heavy atom. The molecular formula is C10H12N2O5. The third kappa shape index (κ3) is 2.58. The molecule has 0 saturated heterocycles. The maximum Gasteiger partial charge on any atom is 0.326 e. The number of nitrogens with zero attached hydrogens (tertiary/aromatic N) is 1. The summed E-state index contributed by atoms with van der Waals surface area (Å²) in [4.78, 5) is 20.6. The molecule has 0 amide bonds. The van der Waals surface area contributed by atoms with E-state index < -0.39 is 22.5 Å². The number of rotatable bonds is 4. The van der Waals surface area contributed by atoms with Crippen LogP contribution in [0.3, 0.4) is 0 Å². The Kier molecular flexibility index (Phi) is 3.45. The van der Waals surface area contributed by atoms with Gasteiger partial charge in [0.1, 0.15) is 11.6 Å². The number of carboxylic acid groups (broad SMARTS) is 1. The van der Waals surface area contributed by atoms with Crippen LogP contribution < -0.4 is 5.73 Å². The SMILES string of the molecule is CC(N)(C(=O)O)C(O)c1ccc([N+](=O)[O-])cc1. The molecule has 0 radical (unpaired) electrons. The quantitative estimate of drug-likeness (QED) is 0.517. The summed E-state index contributed by atoms with van der Waals surface area (Å²) >= 11 is 0. The van der Waals surface area contributed by atoms with E-state index in [9.17, 15) is 20.0 Å². The predicted molar refractivity (Wildman–Crippen MR) is 58.3 cm³/mol. The van der Waals surface area contributed by atoms with E-state index in [1.807, 2.05) is 0 Å². The van der Waals surface area contributed by atoms with Gasteiger partial charge >= 0.3 is 5.97 Å². The summed E-state index contributed by atoms with van der Waals surface area (Å²) in [6.45, 7) is 1.17. The molecule has 0 bridgehead atoms. The summed E-state index contributed by atoms with van der Waals surface area (Å²) in [5, 5.41) is 29.0. The van der Waals surface area contributed by atoms with Crippen molar-refractivity contribution in [1.29, 1.82) is 0 Å².